The van der Waals surface area contributed by atoms with Crippen molar-refractivity contribution in [2.45, 2.75) is 0 Å². The van der Waals surface area contributed by atoms with Gasteiger partial charge in [-0.05, 0) is 11.4 Å². The number of aromatic carboxylic acids is 2. The van der Waals surface area contributed by atoms with Crippen molar-refractivity contribution in [1.29, 1.82) is 0 Å². The van der Waals surface area contributed by atoms with E-state index in [9.17, 15) is 9.59 Å². The standard InChI is InChI=1S/C6H4O4S.Zn/c7-5(8)3-1-2-11-4(3)6(9)10;/h1-2H,(H,7,8)(H,9,10);. The first kappa shape index (κ1) is 11.3. The van der Waals surface area contributed by atoms with Gasteiger partial charge in [0, 0.05) is 19.5 Å². The smallest absolute Gasteiger partial charge is 0.346 e. The van der Waals surface area contributed by atoms with E-state index in [0.717, 1.165) is 11.3 Å². The Bertz CT molecular complexity index is 278. The number of hydrogen-bond donors (Lipinski definition) is 2. The van der Waals surface area contributed by atoms with E-state index in [4.69, 9.17) is 10.2 Å². The van der Waals surface area contributed by atoms with E-state index in [-0.39, 0.29) is 29.9 Å². The van der Waals surface area contributed by atoms with Crippen molar-refractivity contribution in [2.24, 2.45) is 0 Å². The van der Waals surface area contributed by atoms with Gasteiger partial charge in [-0.1, -0.05) is 0 Å². The molecule has 0 bridgehead atoms. The number of carboxylic acid groups (broad SMARTS) is 2. The number of hydrogen-bond acceptors (Lipinski definition) is 3. The Hall–Kier alpha value is -0.737. The SMILES string of the molecule is O=C(O)c1ccsc1C(=O)O.[Zn]. The molecule has 60 valence electrons. The van der Waals surface area contributed by atoms with Gasteiger partial charge in [0.25, 0.3) is 0 Å². The van der Waals surface area contributed by atoms with Gasteiger partial charge in [0.1, 0.15) is 4.88 Å². The fourth-order valence-electron chi connectivity index (χ4n) is 0.643. The van der Waals surface area contributed by atoms with Gasteiger partial charge in [-0.3, -0.25) is 0 Å². The predicted octanol–water partition coefficient (Wildman–Crippen LogP) is 1.14. The Balaban J connectivity index is 0.00000121. The van der Waals surface area contributed by atoms with Crippen LogP contribution in [-0.4, -0.2) is 22.2 Å². The van der Waals surface area contributed by atoms with Crippen LogP contribution in [0.2, 0.25) is 0 Å². The molecule has 2 N–H and O–H groups in total. The minimum Gasteiger partial charge on any atom is -0.478 e. The number of rotatable bonds is 2. The molecule has 0 aliphatic rings. The zero-order valence-electron chi connectivity index (χ0n) is 5.98. The molecule has 0 aliphatic carbocycles. The second kappa shape index (κ2) is 4.33. The van der Waals surface area contributed by atoms with Gasteiger partial charge in [-0.2, -0.15) is 0 Å². The zero-order valence-corrected chi connectivity index (χ0v) is 9.76. The molecular formula is C6H4O4SZn. The summed E-state index contributed by atoms with van der Waals surface area (Å²) in [5, 5.41) is 18.3. The van der Waals surface area contributed by atoms with Crippen molar-refractivity contribution in [3.63, 3.8) is 0 Å². The molecule has 0 radical (unpaired) electrons. The van der Waals surface area contributed by atoms with Gasteiger partial charge in [0.2, 0.25) is 0 Å². The molecule has 1 heterocycles. The van der Waals surface area contributed by atoms with E-state index in [2.05, 4.69) is 0 Å². The molecule has 0 fully saturated rings. The summed E-state index contributed by atoms with van der Waals surface area (Å²) in [6, 6.07) is 1.27. The van der Waals surface area contributed by atoms with Crippen molar-refractivity contribution in [3.05, 3.63) is 21.9 Å². The van der Waals surface area contributed by atoms with Crippen molar-refractivity contribution < 1.29 is 39.3 Å². The number of thiophene rings is 1. The first-order valence-electron chi connectivity index (χ1n) is 2.67. The van der Waals surface area contributed by atoms with Crippen molar-refractivity contribution >= 4 is 23.3 Å². The summed E-state index contributed by atoms with van der Waals surface area (Å²) in [5.74, 6) is -2.40. The van der Waals surface area contributed by atoms with Crippen LogP contribution < -0.4 is 0 Å². The molecule has 12 heavy (non-hydrogen) atoms. The van der Waals surface area contributed by atoms with Gasteiger partial charge in [-0.15, -0.1) is 11.3 Å². The van der Waals surface area contributed by atoms with Crippen LogP contribution in [0, 0.1) is 0 Å². The molecule has 0 atom stereocenters. The van der Waals surface area contributed by atoms with E-state index >= 15 is 0 Å². The second-order valence-electron chi connectivity index (χ2n) is 1.77. The maximum atomic E-state index is 10.3. The van der Waals surface area contributed by atoms with E-state index in [1.807, 2.05) is 0 Å². The normalized spacial score (nSPS) is 8.67. The van der Waals surface area contributed by atoms with Crippen molar-refractivity contribution in [1.82, 2.24) is 0 Å². The Morgan fingerprint density at radius 1 is 1.25 bits per heavy atom. The maximum Gasteiger partial charge on any atom is 0.346 e. The third kappa shape index (κ3) is 2.12. The molecular weight excluding hydrogens is 234 g/mol. The quantitative estimate of drug-likeness (QED) is 0.757. The van der Waals surface area contributed by atoms with Crippen LogP contribution in [0.5, 0.6) is 0 Å². The van der Waals surface area contributed by atoms with E-state index in [1.165, 1.54) is 11.4 Å². The first-order chi connectivity index (χ1) is 5.13. The summed E-state index contributed by atoms with van der Waals surface area (Å²) in [5.41, 5.74) is -0.150. The molecule has 1 aromatic heterocycles. The summed E-state index contributed by atoms with van der Waals surface area (Å²) < 4.78 is 0. The largest absolute Gasteiger partial charge is 0.478 e. The minimum atomic E-state index is -1.20. The van der Waals surface area contributed by atoms with Crippen molar-refractivity contribution in [3.8, 4) is 0 Å². The molecule has 1 rings (SSSR count). The van der Waals surface area contributed by atoms with Gasteiger partial charge < -0.3 is 10.2 Å². The minimum absolute atomic E-state index is 0. The summed E-state index contributed by atoms with van der Waals surface area (Å²) in [6.07, 6.45) is 0. The molecule has 0 saturated carbocycles. The second-order valence-corrected chi connectivity index (χ2v) is 2.69. The summed E-state index contributed by atoms with van der Waals surface area (Å²) in [7, 11) is 0. The fraction of sp³-hybridized carbons (Fsp3) is 0. The van der Waals surface area contributed by atoms with Gasteiger partial charge in [0.05, 0.1) is 5.56 Å². The third-order valence-electron chi connectivity index (χ3n) is 1.09. The average Bonchev–Trinajstić information content (AvgIpc) is 2.32. The fourth-order valence-corrected chi connectivity index (χ4v) is 1.37. The van der Waals surface area contributed by atoms with Crippen LogP contribution >= 0.6 is 11.3 Å². The van der Waals surface area contributed by atoms with Gasteiger partial charge >= 0.3 is 11.9 Å². The molecule has 0 aliphatic heterocycles. The molecule has 0 aromatic carbocycles. The van der Waals surface area contributed by atoms with E-state index < -0.39 is 11.9 Å². The van der Waals surface area contributed by atoms with E-state index in [1.54, 1.807) is 0 Å². The molecule has 0 spiro atoms. The summed E-state index contributed by atoms with van der Waals surface area (Å²) in [4.78, 5) is 20.5. The molecule has 0 saturated heterocycles. The predicted molar refractivity (Wildman–Crippen MR) is 38.2 cm³/mol. The van der Waals surface area contributed by atoms with Gasteiger partial charge in [0.15, 0.2) is 0 Å². The van der Waals surface area contributed by atoms with Crippen LogP contribution in [0.25, 0.3) is 0 Å². The Kier molecular flexibility index (Phi) is 4.06. The van der Waals surface area contributed by atoms with Crippen molar-refractivity contribution in [2.75, 3.05) is 0 Å². The Morgan fingerprint density at radius 2 is 1.83 bits per heavy atom. The van der Waals surface area contributed by atoms with Crippen LogP contribution in [0.3, 0.4) is 0 Å². The molecule has 0 amide bonds. The Morgan fingerprint density at radius 3 is 2.17 bits per heavy atom. The Labute approximate surface area is 84.6 Å². The van der Waals surface area contributed by atoms with Gasteiger partial charge in [-0.25, -0.2) is 9.59 Å². The first-order valence-corrected chi connectivity index (χ1v) is 3.55. The topological polar surface area (TPSA) is 74.6 Å². The molecule has 6 heteroatoms. The molecule has 4 nitrogen and oxygen atoms in total. The summed E-state index contributed by atoms with van der Waals surface area (Å²) in [6.45, 7) is 0. The number of carboxylic acids is 2. The zero-order chi connectivity index (χ0) is 8.43. The third-order valence-corrected chi connectivity index (χ3v) is 1.99. The molecule has 1 aromatic rings. The number of carbonyl (C=O) groups is 2. The van der Waals surface area contributed by atoms with Crippen LogP contribution in [-0.2, 0) is 19.5 Å². The maximum absolute atomic E-state index is 10.3. The summed E-state index contributed by atoms with van der Waals surface area (Å²) >= 11 is 0.906. The van der Waals surface area contributed by atoms with E-state index in [0.29, 0.717) is 0 Å². The monoisotopic (exact) mass is 236 g/mol. The van der Waals surface area contributed by atoms with Crippen LogP contribution in [0.4, 0.5) is 0 Å². The van der Waals surface area contributed by atoms with Crippen LogP contribution in [0.15, 0.2) is 11.4 Å². The molecule has 0 unspecified atom stereocenters. The average molecular weight is 238 g/mol. The van der Waals surface area contributed by atoms with Crippen LogP contribution in [0.1, 0.15) is 20.0 Å².